The summed E-state index contributed by atoms with van der Waals surface area (Å²) < 4.78 is 0.276. The molecule has 36 valence electrons. The topological polar surface area (TPSA) is 0 Å². The van der Waals surface area contributed by atoms with Crippen molar-refractivity contribution in [3.63, 3.8) is 0 Å². The molecule has 0 aromatic rings. The zero-order chi connectivity index (χ0) is 5.21. The highest BCUT2D eigenvalue weighted by atomic mass is 127. The molecule has 0 radical (unpaired) electrons. The molecule has 0 bridgehead atoms. The number of hydrogen-bond acceptors (Lipinski definition) is 0. The number of halogens is 1. The summed E-state index contributed by atoms with van der Waals surface area (Å²) in [4.78, 5) is 0. The van der Waals surface area contributed by atoms with Crippen molar-refractivity contribution < 1.29 is 0 Å². The molecule has 0 unspecified atom stereocenters. The van der Waals surface area contributed by atoms with E-state index in [0.29, 0.717) is 0 Å². The molecule has 0 atom stereocenters. The van der Waals surface area contributed by atoms with Crippen LogP contribution in [0, 0.1) is 0 Å². The normalized spacial score (nSPS) is 11.2. The maximum atomic E-state index is 3.62. The van der Waals surface area contributed by atoms with Gasteiger partial charge in [-0.25, -0.2) is 0 Å². The summed E-state index contributed by atoms with van der Waals surface area (Å²) in [6.45, 7) is 7.85. The third kappa shape index (κ3) is 4.47. The Kier molecular flexibility index (Phi) is 2.11. The van der Waals surface area contributed by atoms with Gasteiger partial charge in [0.15, 0.2) is 0 Å². The van der Waals surface area contributed by atoms with Gasteiger partial charge in [-0.15, -0.1) is 6.58 Å². The van der Waals surface area contributed by atoms with E-state index in [1.165, 1.54) is 0 Å². The monoisotopic (exact) mass is 196 g/mol. The van der Waals surface area contributed by atoms with Crippen molar-refractivity contribution in [1.82, 2.24) is 0 Å². The van der Waals surface area contributed by atoms with Crippen LogP contribution in [0.1, 0.15) is 13.8 Å². The van der Waals surface area contributed by atoms with Gasteiger partial charge in [0.1, 0.15) is 0 Å². The minimum atomic E-state index is 0.276. The second-order valence-electron chi connectivity index (χ2n) is 1.77. The summed E-state index contributed by atoms with van der Waals surface area (Å²) in [7, 11) is 0. The fraction of sp³-hybridized carbons (Fsp3) is 0.600. The van der Waals surface area contributed by atoms with Crippen LogP contribution in [0.25, 0.3) is 0 Å². The van der Waals surface area contributed by atoms with E-state index in [1.807, 2.05) is 6.08 Å². The Morgan fingerprint density at radius 3 is 1.83 bits per heavy atom. The van der Waals surface area contributed by atoms with Gasteiger partial charge in [0.2, 0.25) is 0 Å². The zero-order valence-electron chi connectivity index (χ0n) is 4.16. The molecule has 0 fully saturated rings. The van der Waals surface area contributed by atoms with Crippen LogP contribution in [0.2, 0.25) is 0 Å². The summed E-state index contributed by atoms with van der Waals surface area (Å²) in [6.07, 6.45) is 1.92. The van der Waals surface area contributed by atoms with Crippen LogP contribution in [-0.2, 0) is 0 Å². The molecule has 0 aromatic heterocycles. The lowest BCUT2D eigenvalue weighted by molar-refractivity contribution is 0.948. The first-order valence-electron chi connectivity index (χ1n) is 1.89. The molecule has 1 heteroatoms. The molecule has 0 heterocycles. The van der Waals surface area contributed by atoms with E-state index in [0.717, 1.165) is 0 Å². The molecular weight excluding hydrogens is 187 g/mol. The van der Waals surface area contributed by atoms with Gasteiger partial charge in [-0.3, -0.25) is 0 Å². The predicted molar refractivity (Wildman–Crippen MR) is 38.3 cm³/mol. The molecule has 0 rings (SSSR count). The van der Waals surface area contributed by atoms with Gasteiger partial charge in [-0.1, -0.05) is 28.7 Å². The van der Waals surface area contributed by atoms with Gasteiger partial charge in [-0.05, 0) is 13.8 Å². The Bertz CT molecular complexity index is 49.4. The SMILES string of the molecule is C=CC(C)(C)I. The number of alkyl halides is 1. The molecule has 0 N–H and O–H groups in total. The molecular formula is C5H9I. The Labute approximate surface area is 52.8 Å². The third-order valence-corrected chi connectivity index (χ3v) is 0.926. The Morgan fingerprint density at radius 2 is 1.83 bits per heavy atom. The Balaban J connectivity index is 3.45. The summed E-state index contributed by atoms with van der Waals surface area (Å²) in [5, 5.41) is 0. The van der Waals surface area contributed by atoms with Crippen molar-refractivity contribution in [2.45, 2.75) is 17.3 Å². The molecule has 0 nitrogen and oxygen atoms in total. The van der Waals surface area contributed by atoms with Crippen molar-refractivity contribution in [1.29, 1.82) is 0 Å². The Hall–Kier alpha value is 0.470. The molecule has 0 saturated heterocycles. The summed E-state index contributed by atoms with van der Waals surface area (Å²) in [5.41, 5.74) is 0. The van der Waals surface area contributed by atoms with Crippen LogP contribution in [0.3, 0.4) is 0 Å². The maximum absolute atomic E-state index is 3.62. The van der Waals surface area contributed by atoms with Gasteiger partial charge in [-0.2, -0.15) is 0 Å². The van der Waals surface area contributed by atoms with E-state index in [1.54, 1.807) is 0 Å². The van der Waals surface area contributed by atoms with Gasteiger partial charge >= 0.3 is 0 Å². The second kappa shape index (κ2) is 1.96. The molecule has 0 aliphatic rings. The van der Waals surface area contributed by atoms with Gasteiger partial charge in [0, 0.05) is 3.42 Å². The molecule has 0 aliphatic carbocycles. The molecule has 0 amide bonds. The van der Waals surface area contributed by atoms with Crippen molar-refractivity contribution in [2.24, 2.45) is 0 Å². The zero-order valence-corrected chi connectivity index (χ0v) is 6.32. The number of allylic oxidation sites excluding steroid dienone is 1. The lowest BCUT2D eigenvalue weighted by Gasteiger charge is -2.05. The first-order chi connectivity index (χ1) is 2.56. The quantitative estimate of drug-likeness (QED) is 0.343. The highest BCUT2D eigenvalue weighted by Crippen LogP contribution is 2.15. The van der Waals surface area contributed by atoms with Crippen LogP contribution < -0.4 is 0 Å². The van der Waals surface area contributed by atoms with Crippen LogP contribution in [0.15, 0.2) is 12.7 Å². The summed E-state index contributed by atoms with van der Waals surface area (Å²) in [5.74, 6) is 0. The van der Waals surface area contributed by atoms with Crippen LogP contribution >= 0.6 is 22.6 Å². The average Bonchev–Trinajstić information content (AvgIpc) is 1.35. The van der Waals surface area contributed by atoms with E-state index >= 15 is 0 Å². The van der Waals surface area contributed by atoms with E-state index in [9.17, 15) is 0 Å². The fourth-order valence-electron chi connectivity index (χ4n) is 0. The minimum absolute atomic E-state index is 0.276. The van der Waals surface area contributed by atoms with E-state index < -0.39 is 0 Å². The highest BCUT2D eigenvalue weighted by Gasteiger charge is 2.02. The largest absolute Gasteiger partial charge is 0.102 e. The Morgan fingerprint density at radius 1 is 1.67 bits per heavy atom. The average molecular weight is 196 g/mol. The molecule has 0 spiro atoms. The third-order valence-electron chi connectivity index (χ3n) is 0.485. The van der Waals surface area contributed by atoms with Crippen molar-refractivity contribution in [2.75, 3.05) is 0 Å². The fourth-order valence-corrected chi connectivity index (χ4v) is 0. The standard InChI is InChI=1S/C5H9I/c1-4-5(2,3)6/h4H,1H2,2-3H3. The number of hydrogen-bond donors (Lipinski definition) is 0. The molecule has 0 saturated carbocycles. The molecule has 0 aliphatic heterocycles. The van der Waals surface area contributed by atoms with E-state index in [2.05, 4.69) is 43.0 Å². The molecule has 0 aromatic carbocycles. The minimum Gasteiger partial charge on any atom is -0.102 e. The second-order valence-corrected chi connectivity index (χ2v) is 4.55. The molecule has 6 heavy (non-hydrogen) atoms. The van der Waals surface area contributed by atoms with Crippen LogP contribution in [0.5, 0.6) is 0 Å². The van der Waals surface area contributed by atoms with Crippen molar-refractivity contribution >= 4 is 22.6 Å². The maximum Gasteiger partial charge on any atom is 0.0342 e. The lowest BCUT2D eigenvalue weighted by Crippen LogP contribution is -2.00. The highest BCUT2D eigenvalue weighted by molar-refractivity contribution is 14.1. The smallest absolute Gasteiger partial charge is 0.0342 e. The van der Waals surface area contributed by atoms with Crippen LogP contribution in [-0.4, -0.2) is 3.42 Å². The van der Waals surface area contributed by atoms with E-state index in [-0.39, 0.29) is 3.42 Å². The van der Waals surface area contributed by atoms with Crippen LogP contribution in [0.4, 0.5) is 0 Å². The first-order valence-corrected chi connectivity index (χ1v) is 2.96. The van der Waals surface area contributed by atoms with Gasteiger partial charge in [0.25, 0.3) is 0 Å². The predicted octanol–water partition coefficient (Wildman–Crippen LogP) is 2.39. The first kappa shape index (κ1) is 6.47. The summed E-state index contributed by atoms with van der Waals surface area (Å²) in [6, 6.07) is 0. The van der Waals surface area contributed by atoms with Crippen molar-refractivity contribution in [3.8, 4) is 0 Å². The van der Waals surface area contributed by atoms with Gasteiger partial charge < -0.3 is 0 Å². The van der Waals surface area contributed by atoms with E-state index in [4.69, 9.17) is 0 Å². The lowest BCUT2D eigenvalue weighted by atomic mass is 10.2. The summed E-state index contributed by atoms with van der Waals surface area (Å²) >= 11 is 2.32. The van der Waals surface area contributed by atoms with Crippen molar-refractivity contribution in [3.05, 3.63) is 12.7 Å². The number of rotatable bonds is 1. The van der Waals surface area contributed by atoms with Gasteiger partial charge in [0.05, 0.1) is 0 Å².